The van der Waals surface area contributed by atoms with Crippen molar-refractivity contribution in [2.24, 2.45) is 17.7 Å². The van der Waals surface area contributed by atoms with Crippen LogP contribution in [0.4, 0.5) is 0 Å². The molecule has 0 aromatic heterocycles. The number of nitrogens with two attached hydrogens (primary N) is 1. The highest BCUT2D eigenvalue weighted by molar-refractivity contribution is 6.34. The molecule has 13 heteroatoms. The second kappa shape index (κ2) is 10.5. The minimum atomic E-state index is -1.54. The standard InChI is InChI=1S/C24H26N2O11/c1-32-16-4-10(5-17(33-2)21(16)34-3)18-11-6-14-15(36-9-35-14)7-12(11)20(28)13(8-27)19(18)23(30)37-24(31)22(29)26-25/h4-7,13,18-20,27-28H,8-9,25H2,1-3H3,(H,26,29)/t13-,18+,19-,20-/m0/s1. The molecule has 2 aromatic carbocycles. The monoisotopic (exact) mass is 518 g/mol. The number of amides is 1. The average molecular weight is 518 g/mol. The van der Waals surface area contributed by atoms with E-state index in [4.69, 9.17) is 34.3 Å². The second-order valence-corrected chi connectivity index (χ2v) is 8.27. The highest BCUT2D eigenvalue weighted by atomic mass is 16.7. The SMILES string of the molecule is COc1cc([C@@H]2c3cc4c(cc3[C@H](O)[C@@H](CO)[C@@H]2C(=O)OC(=O)C(=O)NN)OCO4)cc(OC)c1OC. The van der Waals surface area contributed by atoms with Crippen LogP contribution in [0, 0.1) is 11.8 Å². The van der Waals surface area contributed by atoms with Crippen molar-refractivity contribution < 1.29 is 53.0 Å². The molecule has 1 aliphatic heterocycles. The van der Waals surface area contributed by atoms with E-state index in [0.29, 0.717) is 33.9 Å². The highest BCUT2D eigenvalue weighted by Gasteiger charge is 2.49. The minimum absolute atomic E-state index is 0.0409. The molecule has 0 unspecified atom stereocenters. The first kappa shape index (κ1) is 26.0. The molecule has 37 heavy (non-hydrogen) atoms. The summed E-state index contributed by atoms with van der Waals surface area (Å²) in [5.41, 5.74) is 2.85. The number of hydrazine groups is 1. The van der Waals surface area contributed by atoms with Gasteiger partial charge >= 0.3 is 17.8 Å². The van der Waals surface area contributed by atoms with Gasteiger partial charge in [0.2, 0.25) is 12.5 Å². The first-order valence-electron chi connectivity index (χ1n) is 11.1. The van der Waals surface area contributed by atoms with Crippen LogP contribution < -0.4 is 35.0 Å². The van der Waals surface area contributed by atoms with Gasteiger partial charge in [-0.25, -0.2) is 10.6 Å². The summed E-state index contributed by atoms with van der Waals surface area (Å²) in [6.45, 7) is -0.701. The van der Waals surface area contributed by atoms with Crippen molar-refractivity contribution in [2.45, 2.75) is 12.0 Å². The first-order valence-corrected chi connectivity index (χ1v) is 11.1. The number of esters is 2. The van der Waals surface area contributed by atoms with Crippen molar-refractivity contribution in [3.8, 4) is 28.7 Å². The predicted molar refractivity (Wildman–Crippen MR) is 123 cm³/mol. The van der Waals surface area contributed by atoms with Crippen molar-refractivity contribution in [2.75, 3.05) is 34.7 Å². The third-order valence-corrected chi connectivity index (χ3v) is 6.50. The molecule has 4 atom stereocenters. The fraction of sp³-hybridized carbons (Fsp3) is 0.375. The Balaban J connectivity index is 1.95. The molecule has 2 aromatic rings. The maximum Gasteiger partial charge on any atom is 0.405 e. The number of hydrogen-bond donors (Lipinski definition) is 4. The van der Waals surface area contributed by atoms with Crippen LogP contribution in [0.15, 0.2) is 24.3 Å². The van der Waals surface area contributed by atoms with E-state index >= 15 is 0 Å². The van der Waals surface area contributed by atoms with Crippen LogP contribution in [-0.2, 0) is 19.1 Å². The minimum Gasteiger partial charge on any atom is -0.493 e. The third-order valence-electron chi connectivity index (χ3n) is 6.50. The van der Waals surface area contributed by atoms with Crippen LogP contribution in [0.2, 0.25) is 0 Å². The summed E-state index contributed by atoms with van der Waals surface area (Å²) in [4.78, 5) is 37.1. The van der Waals surface area contributed by atoms with Gasteiger partial charge in [0.25, 0.3) is 0 Å². The van der Waals surface area contributed by atoms with E-state index in [1.54, 1.807) is 29.7 Å². The van der Waals surface area contributed by atoms with Crippen molar-refractivity contribution in [3.63, 3.8) is 0 Å². The summed E-state index contributed by atoms with van der Waals surface area (Å²) < 4.78 is 32.1. The van der Waals surface area contributed by atoms with E-state index in [9.17, 15) is 24.6 Å². The van der Waals surface area contributed by atoms with Gasteiger partial charge in [-0.2, -0.15) is 0 Å². The van der Waals surface area contributed by atoms with Crippen molar-refractivity contribution in [1.29, 1.82) is 0 Å². The number of ether oxygens (including phenoxy) is 6. The molecule has 0 saturated heterocycles. The second-order valence-electron chi connectivity index (χ2n) is 8.27. The maximum absolute atomic E-state index is 13.4. The number of rotatable bonds is 6. The fourth-order valence-electron chi connectivity index (χ4n) is 4.82. The molecule has 1 aliphatic carbocycles. The zero-order chi connectivity index (χ0) is 26.9. The molecule has 1 heterocycles. The number of aliphatic hydroxyl groups is 2. The molecule has 13 nitrogen and oxygen atoms in total. The summed E-state index contributed by atoms with van der Waals surface area (Å²) in [5.74, 6) is -0.894. The van der Waals surface area contributed by atoms with Crippen molar-refractivity contribution in [1.82, 2.24) is 5.43 Å². The summed E-state index contributed by atoms with van der Waals surface area (Å²) in [5, 5.41) is 21.5. The lowest BCUT2D eigenvalue weighted by atomic mass is 9.65. The van der Waals surface area contributed by atoms with Crippen LogP contribution in [0.1, 0.15) is 28.7 Å². The number of nitrogens with one attached hydrogen (secondary N) is 1. The van der Waals surface area contributed by atoms with Crippen molar-refractivity contribution in [3.05, 3.63) is 41.0 Å². The van der Waals surface area contributed by atoms with E-state index in [1.165, 1.54) is 21.3 Å². The molecule has 0 saturated carbocycles. The van der Waals surface area contributed by atoms with Gasteiger partial charge in [0.1, 0.15) is 0 Å². The summed E-state index contributed by atoms with van der Waals surface area (Å²) in [6.07, 6.45) is -1.36. The number of aliphatic hydroxyl groups excluding tert-OH is 2. The molecule has 0 fully saturated rings. The Bertz CT molecular complexity index is 1210. The third kappa shape index (κ3) is 4.48. The van der Waals surface area contributed by atoms with Gasteiger partial charge in [-0.1, -0.05) is 0 Å². The molecular formula is C24H26N2O11. The van der Waals surface area contributed by atoms with Crippen LogP contribution in [0.5, 0.6) is 28.7 Å². The molecule has 0 bridgehead atoms. The van der Waals surface area contributed by atoms with Crippen LogP contribution in [0.3, 0.4) is 0 Å². The largest absolute Gasteiger partial charge is 0.493 e. The topological polar surface area (TPSA) is 185 Å². The molecule has 0 spiro atoms. The van der Waals surface area contributed by atoms with Crippen molar-refractivity contribution >= 4 is 17.8 Å². The van der Waals surface area contributed by atoms with E-state index in [0.717, 1.165) is 0 Å². The fourth-order valence-corrected chi connectivity index (χ4v) is 4.82. The Morgan fingerprint density at radius 1 is 1.00 bits per heavy atom. The Hall–Kier alpha value is -4.07. The van der Waals surface area contributed by atoms with E-state index in [1.807, 2.05) is 0 Å². The lowest BCUT2D eigenvalue weighted by Crippen LogP contribution is -2.44. The van der Waals surface area contributed by atoms with Gasteiger partial charge < -0.3 is 38.6 Å². The Kier molecular flexibility index (Phi) is 7.38. The highest BCUT2D eigenvalue weighted by Crippen LogP contribution is 2.53. The van der Waals surface area contributed by atoms with Gasteiger partial charge in [-0.15, -0.1) is 0 Å². The normalized spacial score (nSPS) is 21.5. The number of carbonyl (C=O) groups excluding carboxylic acids is 3. The van der Waals surface area contributed by atoms with Gasteiger partial charge in [0.05, 0.1) is 33.4 Å². The van der Waals surface area contributed by atoms with E-state index < -0.39 is 48.3 Å². The summed E-state index contributed by atoms with van der Waals surface area (Å²) in [7, 11) is 4.27. The number of benzene rings is 2. The molecule has 0 radical (unpaired) electrons. The number of carbonyl (C=O) groups is 3. The lowest BCUT2D eigenvalue weighted by molar-refractivity contribution is -0.170. The van der Waals surface area contributed by atoms with Crippen LogP contribution in [-0.4, -0.2) is 62.8 Å². The Morgan fingerprint density at radius 3 is 2.11 bits per heavy atom. The number of methoxy groups -OCH3 is 3. The summed E-state index contributed by atoms with van der Waals surface area (Å²) in [6, 6.07) is 6.38. The average Bonchev–Trinajstić information content (AvgIpc) is 3.38. The molecular weight excluding hydrogens is 492 g/mol. The Labute approximate surface area is 210 Å². The molecule has 2 aliphatic rings. The van der Waals surface area contributed by atoms with Crippen LogP contribution >= 0.6 is 0 Å². The van der Waals surface area contributed by atoms with Gasteiger partial charge in [-0.05, 0) is 41.0 Å². The lowest BCUT2D eigenvalue weighted by Gasteiger charge is -2.40. The van der Waals surface area contributed by atoms with E-state index in [2.05, 4.69) is 0 Å². The summed E-state index contributed by atoms with van der Waals surface area (Å²) >= 11 is 0. The smallest absolute Gasteiger partial charge is 0.405 e. The molecule has 4 rings (SSSR count). The molecule has 1 amide bonds. The predicted octanol–water partition coefficient (Wildman–Crippen LogP) is -0.0956. The van der Waals surface area contributed by atoms with Gasteiger partial charge in [0, 0.05) is 18.4 Å². The zero-order valence-corrected chi connectivity index (χ0v) is 20.2. The Morgan fingerprint density at radius 2 is 1.59 bits per heavy atom. The zero-order valence-electron chi connectivity index (χ0n) is 20.2. The van der Waals surface area contributed by atoms with Crippen LogP contribution in [0.25, 0.3) is 0 Å². The van der Waals surface area contributed by atoms with Gasteiger partial charge in [0.15, 0.2) is 23.0 Å². The molecule has 198 valence electrons. The quantitative estimate of drug-likeness (QED) is 0.0996. The number of fused-ring (bicyclic) bond motifs is 2. The van der Waals surface area contributed by atoms with E-state index in [-0.39, 0.29) is 18.3 Å². The van der Waals surface area contributed by atoms with Gasteiger partial charge in [-0.3, -0.25) is 15.0 Å². The maximum atomic E-state index is 13.4. The number of hydrogen-bond acceptors (Lipinski definition) is 12. The first-order chi connectivity index (χ1) is 17.8. The molecule has 5 N–H and O–H groups in total.